The van der Waals surface area contributed by atoms with Crippen LogP contribution >= 0.6 is 11.8 Å². The zero-order valence-electron chi connectivity index (χ0n) is 11.5. The van der Waals surface area contributed by atoms with Crippen LogP contribution in [-0.2, 0) is 21.1 Å². The van der Waals surface area contributed by atoms with E-state index in [0.29, 0.717) is 21.2 Å². The maximum atomic E-state index is 11.9. The van der Waals surface area contributed by atoms with Gasteiger partial charge in [0.05, 0.1) is 5.03 Å². The number of rotatable bonds is 2. The Morgan fingerprint density at radius 3 is 2.62 bits per heavy atom. The van der Waals surface area contributed by atoms with Gasteiger partial charge in [-0.2, -0.15) is 0 Å². The van der Waals surface area contributed by atoms with E-state index >= 15 is 0 Å². The third-order valence-electron chi connectivity index (χ3n) is 3.04. The third-order valence-corrected chi connectivity index (χ3v) is 4.13. The highest BCUT2D eigenvalue weighted by Gasteiger charge is 2.14. The number of aromatic nitrogens is 7. The van der Waals surface area contributed by atoms with Gasteiger partial charge in [0.15, 0.2) is 11.2 Å². The molecule has 3 rings (SSSR count). The largest absolute Gasteiger partial charge is 0.331 e. The monoisotopic (exact) mass is 305 g/mol. The molecule has 0 aliphatic rings. The van der Waals surface area contributed by atoms with Crippen LogP contribution in [0.3, 0.4) is 0 Å². The highest BCUT2D eigenvalue weighted by Crippen LogP contribution is 2.27. The third kappa shape index (κ3) is 2.13. The second-order valence-corrected chi connectivity index (χ2v) is 5.40. The summed E-state index contributed by atoms with van der Waals surface area (Å²) in [6, 6.07) is 1.39. The molecule has 3 aromatic heterocycles. The number of aryl methyl sites for hydroxylation is 1. The van der Waals surface area contributed by atoms with Crippen LogP contribution in [0.1, 0.15) is 0 Å². The lowest BCUT2D eigenvalue weighted by molar-refractivity contribution is 0.635. The summed E-state index contributed by atoms with van der Waals surface area (Å²) < 4.78 is 3.96. The lowest BCUT2D eigenvalue weighted by Crippen LogP contribution is -2.36. The van der Waals surface area contributed by atoms with E-state index in [2.05, 4.69) is 20.3 Å². The Balaban J connectivity index is 2.16. The minimum absolute atomic E-state index is 0.370. The Morgan fingerprint density at radius 2 is 1.86 bits per heavy atom. The zero-order chi connectivity index (χ0) is 15.1. The fraction of sp³-hybridized carbons (Fsp3) is 0.273. The van der Waals surface area contributed by atoms with E-state index in [0.717, 1.165) is 4.57 Å². The molecule has 21 heavy (non-hydrogen) atoms. The summed E-state index contributed by atoms with van der Waals surface area (Å²) in [6.45, 7) is 0. The molecule has 3 heterocycles. The molecule has 0 radical (unpaired) electrons. The van der Waals surface area contributed by atoms with E-state index in [1.54, 1.807) is 14.1 Å². The van der Waals surface area contributed by atoms with Gasteiger partial charge >= 0.3 is 5.69 Å². The Hall–Kier alpha value is -2.49. The summed E-state index contributed by atoms with van der Waals surface area (Å²) >= 11 is 1.18. The first-order valence-electron chi connectivity index (χ1n) is 5.94. The molecule has 0 aliphatic carbocycles. The first-order chi connectivity index (χ1) is 9.99. The van der Waals surface area contributed by atoms with E-state index in [-0.39, 0.29) is 5.56 Å². The van der Waals surface area contributed by atoms with Crippen molar-refractivity contribution in [2.45, 2.75) is 10.1 Å². The van der Waals surface area contributed by atoms with Crippen LogP contribution in [-0.4, -0.2) is 34.1 Å². The molecule has 108 valence electrons. The number of fused-ring (bicyclic) bond motifs is 1. The molecule has 10 heteroatoms. The Bertz CT molecular complexity index is 955. The van der Waals surface area contributed by atoms with Gasteiger partial charge in [0.1, 0.15) is 11.4 Å². The van der Waals surface area contributed by atoms with Gasteiger partial charge in [-0.1, -0.05) is 5.21 Å². The summed E-state index contributed by atoms with van der Waals surface area (Å²) in [4.78, 5) is 31.9. The molecule has 0 aliphatic heterocycles. The quantitative estimate of drug-likeness (QED) is 0.577. The maximum absolute atomic E-state index is 11.9. The van der Waals surface area contributed by atoms with E-state index in [1.807, 2.05) is 0 Å². The smallest absolute Gasteiger partial charge is 0.291 e. The van der Waals surface area contributed by atoms with Crippen LogP contribution in [0.2, 0.25) is 0 Å². The average Bonchev–Trinajstić information content (AvgIpc) is 2.85. The van der Waals surface area contributed by atoms with Gasteiger partial charge in [0, 0.05) is 27.2 Å². The molecule has 0 amide bonds. The molecule has 0 N–H and O–H groups in total. The van der Waals surface area contributed by atoms with E-state index in [1.165, 1.54) is 40.5 Å². The zero-order valence-corrected chi connectivity index (χ0v) is 12.3. The molecule has 0 saturated heterocycles. The molecule has 3 aromatic rings. The minimum Gasteiger partial charge on any atom is -0.291 e. The van der Waals surface area contributed by atoms with Crippen molar-refractivity contribution < 1.29 is 0 Å². The van der Waals surface area contributed by atoms with Gasteiger partial charge in [-0.25, -0.2) is 19.4 Å². The number of nitrogens with zero attached hydrogens (tertiary/aromatic N) is 7. The van der Waals surface area contributed by atoms with Gasteiger partial charge < -0.3 is 0 Å². The van der Waals surface area contributed by atoms with Crippen molar-refractivity contribution in [1.82, 2.24) is 34.1 Å². The number of hydrogen-bond donors (Lipinski definition) is 0. The van der Waals surface area contributed by atoms with Crippen molar-refractivity contribution in [2.75, 3.05) is 0 Å². The fourth-order valence-electron chi connectivity index (χ4n) is 1.82. The fourth-order valence-corrected chi connectivity index (χ4v) is 2.72. The van der Waals surface area contributed by atoms with Gasteiger partial charge in [-0.3, -0.25) is 13.9 Å². The molecular weight excluding hydrogens is 294 g/mol. The summed E-state index contributed by atoms with van der Waals surface area (Å²) in [5.74, 6) is 0. The highest BCUT2D eigenvalue weighted by atomic mass is 32.2. The van der Waals surface area contributed by atoms with Crippen molar-refractivity contribution in [3.8, 4) is 0 Å². The lowest BCUT2D eigenvalue weighted by Gasteiger charge is -2.08. The summed E-state index contributed by atoms with van der Waals surface area (Å²) in [6.07, 6.45) is 1.40. The van der Waals surface area contributed by atoms with Crippen LogP contribution in [0.5, 0.6) is 0 Å². The molecule has 0 unspecified atom stereocenters. The Kier molecular flexibility index (Phi) is 3.09. The summed E-state index contributed by atoms with van der Waals surface area (Å²) in [5, 5.41) is 8.91. The predicted molar refractivity (Wildman–Crippen MR) is 75.1 cm³/mol. The Labute approximate surface area is 122 Å². The molecule has 0 saturated carbocycles. The van der Waals surface area contributed by atoms with Crippen LogP contribution in [0, 0.1) is 0 Å². The lowest BCUT2D eigenvalue weighted by atomic mass is 10.5. The first kappa shape index (κ1) is 13.5. The van der Waals surface area contributed by atoms with Crippen molar-refractivity contribution in [2.24, 2.45) is 21.1 Å². The minimum atomic E-state index is -0.394. The summed E-state index contributed by atoms with van der Waals surface area (Å²) in [5.41, 5.74) is 0.346. The molecular formula is C11H11N7O2S. The van der Waals surface area contributed by atoms with E-state index in [4.69, 9.17) is 0 Å². The second kappa shape index (κ2) is 4.81. The number of hydrogen-bond acceptors (Lipinski definition) is 7. The topological polar surface area (TPSA) is 100 Å². The van der Waals surface area contributed by atoms with Crippen molar-refractivity contribution in [1.29, 1.82) is 0 Å². The maximum Gasteiger partial charge on any atom is 0.331 e. The molecule has 0 fully saturated rings. The van der Waals surface area contributed by atoms with Gasteiger partial charge in [-0.05, 0) is 11.8 Å². The van der Waals surface area contributed by atoms with Crippen LogP contribution in [0.25, 0.3) is 11.2 Å². The second-order valence-electron chi connectivity index (χ2n) is 4.39. The van der Waals surface area contributed by atoms with Crippen LogP contribution in [0.4, 0.5) is 0 Å². The predicted octanol–water partition coefficient (Wildman–Crippen LogP) is -0.693. The van der Waals surface area contributed by atoms with Crippen molar-refractivity contribution in [3.63, 3.8) is 0 Å². The molecule has 0 aromatic carbocycles. The molecule has 0 atom stereocenters. The molecule has 0 bridgehead atoms. The average molecular weight is 305 g/mol. The van der Waals surface area contributed by atoms with Crippen molar-refractivity contribution >= 4 is 22.9 Å². The highest BCUT2D eigenvalue weighted by molar-refractivity contribution is 7.99. The summed E-state index contributed by atoms with van der Waals surface area (Å²) in [7, 11) is 4.76. The molecule has 0 spiro atoms. The molecule has 9 nitrogen and oxygen atoms in total. The van der Waals surface area contributed by atoms with Crippen LogP contribution in [0.15, 0.2) is 32.0 Å². The van der Waals surface area contributed by atoms with E-state index < -0.39 is 5.69 Å². The van der Waals surface area contributed by atoms with Gasteiger partial charge in [-0.15, -0.1) is 5.10 Å². The first-order valence-corrected chi connectivity index (χ1v) is 6.76. The van der Waals surface area contributed by atoms with Crippen LogP contribution < -0.4 is 11.2 Å². The normalized spacial score (nSPS) is 11.2. The van der Waals surface area contributed by atoms with Gasteiger partial charge in [0.2, 0.25) is 0 Å². The SMILES string of the molecule is Cn1c(Sc2ncnc3c2nnn3C)cc(=O)n(C)c1=O. The standard InChI is InChI=1S/C11H11N7O2S/c1-16-6(19)4-7(17(2)11(16)20)21-10-8-9(12-5-13-10)18(3)15-14-8/h4-5H,1-3H3. The van der Waals surface area contributed by atoms with E-state index in [9.17, 15) is 9.59 Å². The Morgan fingerprint density at radius 1 is 1.10 bits per heavy atom. The van der Waals surface area contributed by atoms with Gasteiger partial charge in [0.25, 0.3) is 5.56 Å². The van der Waals surface area contributed by atoms with Crippen molar-refractivity contribution in [3.05, 3.63) is 33.2 Å².